The van der Waals surface area contributed by atoms with E-state index in [1.807, 2.05) is 18.2 Å². The zero-order valence-electron chi connectivity index (χ0n) is 10.8. The number of aromatic nitrogens is 2. The molecule has 0 atom stereocenters. The number of benzene rings is 1. The molecule has 17 heavy (non-hydrogen) atoms. The molecule has 0 aliphatic carbocycles. The van der Waals surface area contributed by atoms with Crippen LogP contribution < -0.4 is 5.56 Å². The first-order valence-electron chi connectivity index (χ1n) is 5.81. The summed E-state index contributed by atoms with van der Waals surface area (Å²) in [7, 11) is 1.72. The van der Waals surface area contributed by atoms with Crippen LogP contribution >= 0.6 is 0 Å². The average molecular weight is 228 g/mol. The van der Waals surface area contributed by atoms with Gasteiger partial charge in [-0.15, -0.1) is 0 Å². The molecule has 0 aliphatic heterocycles. The monoisotopic (exact) mass is 228 g/mol. The van der Waals surface area contributed by atoms with Crippen molar-refractivity contribution in [3.63, 3.8) is 0 Å². The Morgan fingerprint density at radius 2 is 2.06 bits per heavy atom. The molecule has 0 fully saturated rings. The second-order valence-corrected chi connectivity index (χ2v) is 5.75. The zero-order valence-corrected chi connectivity index (χ0v) is 10.8. The predicted molar refractivity (Wildman–Crippen MR) is 73.1 cm³/mol. The molecule has 4 heteroatoms. The van der Waals surface area contributed by atoms with E-state index in [1.165, 1.54) is 10.0 Å². The first kappa shape index (κ1) is 11.9. The van der Waals surface area contributed by atoms with Gasteiger partial charge in [-0.05, 0) is 29.5 Å². The molecule has 88 valence electrons. The maximum Gasteiger partial charge on any atom is 0.248 e. The molecule has 0 bridgehead atoms. The maximum absolute atomic E-state index is 11.8. The summed E-state index contributed by atoms with van der Waals surface area (Å²) in [5.41, 5.74) is 2.27. The number of fused-ring (bicyclic) bond motifs is 1. The van der Waals surface area contributed by atoms with Gasteiger partial charge in [0.25, 0.3) is 0 Å². The summed E-state index contributed by atoms with van der Waals surface area (Å²) in [4.78, 5) is 16.1. The third-order valence-electron chi connectivity index (χ3n) is 2.72. The molecule has 0 saturated carbocycles. The van der Waals surface area contributed by atoms with Gasteiger partial charge in [-0.25, -0.2) is 4.98 Å². The lowest BCUT2D eigenvalue weighted by molar-refractivity contribution is 0.411. The molecule has 0 unspecified atom stereocenters. The van der Waals surface area contributed by atoms with E-state index in [0.717, 1.165) is 11.9 Å². The van der Waals surface area contributed by atoms with Gasteiger partial charge >= 0.3 is 0 Å². The second kappa shape index (κ2) is 4.02. The third kappa shape index (κ3) is 2.57. The van der Waals surface area contributed by atoms with Gasteiger partial charge in [-0.3, -0.25) is 4.79 Å². The van der Waals surface area contributed by atoms with Crippen LogP contribution in [0.2, 0.25) is 0 Å². The van der Waals surface area contributed by atoms with Gasteiger partial charge in [0.15, 0.2) is 0 Å². The highest BCUT2D eigenvalue weighted by Gasteiger charge is 2.12. The van der Waals surface area contributed by atoms with Gasteiger partial charge in [0.1, 0.15) is 0 Å². The van der Waals surface area contributed by atoms with Gasteiger partial charge < -0.3 is 4.48 Å². The van der Waals surface area contributed by atoms with Crippen LogP contribution in [-0.2, 0) is 6.42 Å². The van der Waals surface area contributed by atoms with Crippen molar-refractivity contribution in [1.82, 2.24) is 9.46 Å². The third-order valence-corrected chi connectivity index (χ3v) is 2.72. The van der Waals surface area contributed by atoms with E-state index in [2.05, 4.69) is 25.8 Å². The summed E-state index contributed by atoms with van der Waals surface area (Å²) in [6, 6.07) is 5.92. The van der Waals surface area contributed by atoms with E-state index in [1.54, 1.807) is 14.3 Å². The highest BCUT2D eigenvalue weighted by atomic mass is 16.1. The fraction of sp³-hybridized carbons (Fsp3) is 0.385. The molecule has 0 amide bonds. The molecular formula is C13H17BN2O. The summed E-state index contributed by atoms with van der Waals surface area (Å²) in [5.74, 6) is 0. The Balaban J connectivity index is 2.53. The molecule has 2 aromatic rings. The topological polar surface area (TPSA) is 34.9 Å². The Morgan fingerprint density at radius 3 is 2.71 bits per heavy atom. The van der Waals surface area contributed by atoms with Gasteiger partial charge in [0.2, 0.25) is 13.5 Å². The van der Waals surface area contributed by atoms with E-state index < -0.39 is 0 Å². The Labute approximate surface area is 102 Å². The molecule has 0 N–H and O–H groups in total. The molecular weight excluding hydrogens is 211 g/mol. The number of hydrogen-bond donors (Lipinski definition) is 0. The minimum absolute atomic E-state index is 0.0114. The zero-order chi connectivity index (χ0) is 12.6. The number of nitrogens with zero attached hydrogens (tertiary/aromatic N) is 2. The van der Waals surface area contributed by atoms with E-state index in [9.17, 15) is 4.79 Å². The summed E-state index contributed by atoms with van der Waals surface area (Å²) < 4.78 is 1.51. The average Bonchev–Trinajstić information content (AvgIpc) is 2.21. The van der Waals surface area contributed by atoms with Crippen molar-refractivity contribution in [2.45, 2.75) is 27.2 Å². The quantitative estimate of drug-likeness (QED) is 0.691. The highest BCUT2D eigenvalue weighted by Crippen LogP contribution is 2.21. The number of rotatable bonds is 1. The lowest BCUT2D eigenvalue weighted by Gasteiger charge is -2.18. The molecule has 1 heterocycles. The van der Waals surface area contributed by atoms with E-state index in [0.29, 0.717) is 5.39 Å². The molecule has 1 aromatic heterocycles. The van der Waals surface area contributed by atoms with Crippen molar-refractivity contribution in [1.29, 1.82) is 0 Å². The van der Waals surface area contributed by atoms with Crippen LogP contribution in [0.3, 0.4) is 0 Å². The van der Waals surface area contributed by atoms with Crippen molar-refractivity contribution < 1.29 is 0 Å². The Bertz CT molecular complexity index is 611. The van der Waals surface area contributed by atoms with Crippen LogP contribution in [0, 0.1) is 5.41 Å². The van der Waals surface area contributed by atoms with Gasteiger partial charge in [-0.1, -0.05) is 26.8 Å². The first-order valence-corrected chi connectivity index (χ1v) is 5.81. The van der Waals surface area contributed by atoms with Crippen LogP contribution in [0.25, 0.3) is 10.9 Å². The fourth-order valence-electron chi connectivity index (χ4n) is 1.98. The summed E-state index contributed by atoms with van der Waals surface area (Å²) >= 11 is 0. The van der Waals surface area contributed by atoms with Crippen LogP contribution in [0.1, 0.15) is 26.3 Å². The van der Waals surface area contributed by atoms with E-state index in [4.69, 9.17) is 0 Å². The van der Waals surface area contributed by atoms with Gasteiger partial charge in [0.05, 0.1) is 17.2 Å². The van der Waals surface area contributed by atoms with Gasteiger partial charge in [-0.2, -0.15) is 0 Å². The van der Waals surface area contributed by atoms with E-state index in [-0.39, 0.29) is 11.0 Å². The molecule has 0 saturated heterocycles. The van der Waals surface area contributed by atoms with Crippen LogP contribution in [0.4, 0.5) is 0 Å². The molecule has 0 aliphatic rings. The Hall–Kier alpha value is -1.58. The molecule has 0 radical (unpaired) electrons. The lowest BCUT2D eigenvalue weighted by atomic mass is 9.88. The molecule has 0 spiro atoms. The van der Waals surface area contributed by atoms with Crippen molar-refractivity contribution in [2.75, 3.05) is 0 Å². The smallest absolute Gasteiger partial charge is 0.248 e. The van der Waals surface area contributed by atoms with Crippen LogP contribution in [-0.4, -0.2) is 17.4 Å². The molecule has 2 rings (SSSR count). The minimum Gasteiger partial charge on any atom is -0.352 e. The summed E-state index contributed by atoms with van der Waals surface area (Å²) in [6.07, 6.45) is 2.56. The fourth-order valence-corrected chi connectivity index (χ4v) is 1.98. The Morgan fingerprint density at radius 1 is 1.35 bits per heavy atom. The normalized spacial score (nSPS) is 11.9. The predicted octanol–water partition coefficient (Wildman–Crippen LogP) is 1.38. The maximum atomic E-state index is 11.8. The highest BCUT2D eigenvalue weighted by molar-refractivity contribution is 6.06. The lowest BCUT2D eigenvalue weighted by Crippen LogP contribution is -2.18. The molecule has 1 aromatic carbocycles. The van der Waals surface area contributed by atoms with Crippen LogP contribution in [0.5, 0.6) is 0 Å². The minimum atomic E-state index is 0.0114. The van der Waals surface area contributed by atoms with Crippen LogP contribution in [0.15, 0.2) is 29.3 Å². The van der Waals surface area contributed by atoms with Gasteiger partial charge in [0, 0.05) is 0 Å². The summed E-state index contributed by atoms with van der Waals surface area (Å²) in [5, 5.41) is 0.688. The summed E-state index contributed by atoms with van der Waals surface area (Å²) in [6.45, 7) is 6.61. The number of hydrogen-bond acceptors (Lipinski definition) is 2. The second-order valence-electron chi connectivity index (χ2n) is 5.75. The SMILES string of the molecule is Bn1cnc2cc(CC(C)(C)C)ccc2c1=O. The largest absolute Gasteiger partial charge is 0.352 e. The van der Waals surface area contributed by atoms with Crippen molar-refractivity contribution in [2.24, 2.45) is 5.41 Å². The Kier molecular flexibility index (Phi) is 2.81. The van der Waals surface area contributed by atoms with Crippen molar-refractivity contribution in [3.05, 3.63) is 40.4 Å². The van der Waals surface area contributed by atoms with E-state index >= 15 is 0 Å². The van der Waals surface area contributed by atoms with Crippen molar-refractivity contribution >= 4 is 18.9 Å². The molecule has 3 nitrogen and oxygen atoms in total. The van der Waals surface area contributed by atoms with Crippen molar-refractivity contribution in [3.8, 4) is 0 Å². The standard InChI is InChI=1S/C13H17BN2O/c1-13(2,3)7-9-4-5-10-11(6-9)15-8-16(14)12(10)17/h4-6,8H,7,14H2,1-3H3. The first-order chi connectivity index (χ1) is 7.87.